The van der Waals surface area contributed by atoms with Crippen molar-refractivity contribution in [1.29, 1.82) is 0 Å². The standard InChI is InChI=1S/C25H30Cl2N2O2/c1-16-8-9-17(2)20(12-16)14-24(30)29(15-19-10-11-22(26)23(27)13-19)18(3)25(31)28-21-6-4-5-7-21/h8-13,18,21H,4-7,14-15H2,1-3H3,(H,28,31). The smallest absolute Gasteiger partial charge is 0.242 e. The highest BCUT2D eigenvalue weighted by Crippen LogP contribution is 2.24. The summed E-state index contributed by atoms with van der Waals surface area (Å²) in [5, 5.41) is 4.02. The number of carbonyl (C=O) groups excluding carboxylic acids is 2. The number of benzene rings is 2. The lowest BCUT2D eigenvalue weighted by atomic mass is 10.0. The minimum absolute atomic E-state index is 0.0890. The fourth-order valence-electron chi connectivity index (χ4n) is 4.06. The van der Waals surface area contributed by atoms with Gasteiger partial charge in [0, 0.05) is 12.6 Å². The molecule has 2 aromatic rings. The minimum atomic E-state index is -0.590. The predicted octanol–water partition coefficient (Wildman–Crippen LogP) is 5.63. The Morgan fingerprint density at radius 2 is 1.77 bits per heavy atom. The zero-order valence-electron chi connectivity index (χ0n) is 18.4. The summed E-state index contributed by atoms with van der Waals surface area (Å²) in [6, 6.07) is 11.0. The van der Waals surface area contributed by atoms with Crippen LogP contribution in [0.4, 0.5) is 0 Å². The molecule has 2 aromatic carbocycles. The van der Waals surface area contributed by atoms with Crippen LogP contribution in [-0.4, -0.2) is 28.8 Å². The van der Waals surface area contributed by atoms with E-state index in [1.807, 2.05) is 38.1 Å². The van der Waals surface area contributed by atoms with Crippen LogP contribution in [0.15, 0.2) is 36.4 Å². The number of carbonyl (C=O) groups is 2. The van der Waals surface area contributed by atoms with Crippen LogP contribution in [0.25, 0.3) is 0 Å². The molecule has 166 valence electrons. The largest absolute Gasteiger partial charge is 0.352 e. The van der Waals surface area contributed by atoms with E-state index in [0.717, 1.165) is 47.9 Å². The van der Waals surface area contributed by atoms with Gasteiger partial charge in [-0.05, 0) is 62.4 Å². The summed E-state index contributed by atoms with van der Waals surface area (Å²) in [7, 11) is 0. The molecule has 0 radical (unpaired) electrons. The maximum Gasteiger partial charge on any atom is 0.242 e. The van der Waals surface area contributed by atoms with Crippen molar-refractivity contribution in [2.24, 2.45) is 0 Å². The van der Waals surface area contributed by atoms with Gasteiger partial charge in [0.2, 0.25) is 11.8 Å². The molecule has 1 saturated carbocycles. The Bertz CT molecular complexity index is 955. The van der Waals surface area contributed by atoms with Gasteiger partial charge in [-0.25, -0.2) is 0 Å². The Hall–Kier alpha value is -2.04. The lowest BCUT2D eigenvalue weighted by molar-refractivity contribution is -0.140. The molecular formula is C25H30Cl2N2O2. The summed E-state index contributed by atoms with van der Waals surface area (Å²) in [5.41, 5.74) is 3.99. The Kier molecular flexibility index (Phi) is 8.01. The highest BCUT2D eigenvalue weighted by atomic mass is 35.5. The number of nitrogens with zero attached hydrogens (tertiary/aromatic N) is 1. The van der Waals surface area contributed by atoms with Crippen LogP contribution in [0.3, 0.4) is 0 Å². The van der Waals surface area contributed by atoms with Gasteiger partial charge in [0.05, 0.1) is 16.5 Å². The van der Waals surface area contributed by atoms with Gasteiger partial charge in [0.1, 0.15) is 6.04 Å². The van der Waals surface area contributed by atoms with Gasteiger partial charge in [-0.15, -0.1) is 0 Å². The van der Waals surface area contributed by atoms with Gasteiger partial charge < -0.3 is 10.2 Å². The molecule has 0 aromatic heterocycles. The Balaban J connectivity index is 1.82. The summed E-state index contributed by atoms with van der Waals surface area (Å²) in [4.78, 5) is 28.0. The first-order valence-electron chi connectivity index (χ1n) is 10.8. The number of rotatable bonds is 7. The van der Waals surface area contributed by atoms with Crippen molar-refractivity contribution in [3.8, 4) is 0 Å². The molecule has 4 nitrogen and oxygen atoms in total. The molecule has 1 aliphatic carbocycles. The van der Waals surface area contributed by atoms with Crippen LogP contribution in [0, 0.1) is 13.8 Å². The van der Waals surface area contributed by atoms with Crippen LogP contribution in [0.1, 0.15) is 54.9 Å². The van der Waals surface area contributed by atoms with E-state index in [4.69, 9.17) is 23.2 Å². The predicted molar refractivity (Wildman–Crippen MR) is 126 cm³/mol. The summed E-state index contributed by atoms with van der Waals surface area (Å²) < 4.78 is 0. The third-order valence-electron chi connectivity index (χ3n) is 6.05. The number of hydrogen-bond donors (Lipinski definition) is 1. The van der Waals surface area contributed by atoms with E-state index < -0.39 is 6.04 Å². The van der Waals surface area contributed by atoms with Crippen molar-refractivity contribution in [1.82, 2.24) is 10.2 Å². The van der Waals surface area contributed by atoms with E-state index in [0.29, 0.717) is 16.6 Å². The summed E-state index contributed by atoms with van der Waals surface area (Å²) >= 11 is 12.2. The molecule has 0 aliphatic heterocycles. The first-order chi connectivity index (χ1) is 14.7. The van der Waals surface area contributed by atoms with Gasteiger partial charge in [-0.3, -0.25) is 9.59 Å². The van der Waals surface area contributed by atoms with Crippen molar-refractivity contribution in [2.75, 3.05) is 0 Å². The fourth-order valence-corrected chi connectivity index (χ4v) is 4.39. The normalized spacial score (nSPS) is 15.0. The Morgan fingerprint density at radius 3 is 2.45 bits per heavy atom. The lowest BCUT2D eigenvalue weighted by Gasteiger charge is -2.30. The first kappa shape index (κ1) is 23.6. The van der Waals surface area contributed by atoms with E-state index in [1.165, 1.54) is 0 Å². The first-order valence-corrected chi connectivity index (χ1v) is 11.6. The maximum atomic E-state index is 13.4. The molecule has 0 saturated heterocycles. The quantitative estimate of drug-likeness (QED) is 0.581. The van der Waals surface area contributed by atoms with Crippen molar-refractivity contribution >= 4 is 35.0 Å². The Morgan fingerprint density at radius 1 is 1.06 bits per heavy atom. The Labute approximate surface area is 194 Å². The van der Waals surface area contributed by atoms with Crippen molar-refractivity contribution in [3.05, 3.63) is 68.7 Å². The van der Waals surface area contributed by atoms with Crippen LogP contribution < -0.4 is 5.32 Å². The van der Waals surface area contributed by atoms with Gasteiger partial charge in [0.25, 0.3) is 0 Å². The maximum absolute atomic E-state index is 13.4. The molecule has 1 N–H and O–H groups in total. The van der Waals surface area contributed by atoms with Crippen molar-refractivity contribution in [2.45, 2.75) is 71.5 Å². The second-order valence-corrected chi connectivity index (χ2v) is 9.36. The van der Waals surface area contributed by atoms with Gasteiger partial charge >= 0.3 is 0 Å². The number of hydrogen-bond acceptors (Lipinski definition) is 2. The summed E-state index contributed by atoms with van der Waals surface area (Å²) in [5.74, 6) is -0.199. The molecule has 6 heteroatoms. The number of aryl methyl sites for hydroxylation is 2. The topological polar surface area (TPSA) is 49.4 Å². The van der Waals surface area contributed by atoms with Gasteiger partial charge in [-0.2, -0.15) is 0 Å². The average molecular weight is 461 g/mol. The van der Waals surface area contributed by atoms with Crippen LogP contribution >= 0.6 is 23.2 Å². The molecular weight excluding hydrogens is 431 g/mol. The van der Waals surface area contributed by atoms with E-state index in [1.54, 1.807) is 24.0 Å². The van der Waals surface area contributed by atoms with Crippen molar-refractivity contribution < 1.29 is 9.59 Å². The number of halogens is 2. The van der Waals surface area contributed by atoms with Crippen molar-refractivity contribution in [3.63, 3.8) is 0 Å². The molecule has 1 atom stereocenters. The zero-order chi connectivity index (χ0) is 22.5. The van der Waals surface area contributed by atoms with Crippen LogP contribution in [0.5, 0.6) is 0 Å². The van der Waals surface area contributed by atoms with E-state index >= 15 is 0 Å². The zero-order valence-corrected chi connectivity index (χ0v) is 19.9. The molecule has 3 rings (SSSR count). The monoisotopic (exact) mass is 460 g/mol. The van der Waals surface area contributed by atoms with E-state index in [-0.39, 0.29) is 24.3 Å². The molecule has 0 heterocycles. The lowest BCUT2D eigenvalue weighted by Crippen LogP contribution is -2.50. The second-order valence-electron chi connectivity index (χ2n) is 8.54. The average Bonchev–Trinajstić information content (AvgIpc) is 3.24. The highest BCUT2D eigenvalue weighted by Gasteiger charge is 2.28. The molecule has 1 unspecified atom stereocenters. The van der Waals surface area contributed by atoms with E-state index in [9.17, 15) is 9.59 Å². The third-order valence-corrected chi connectivity index (χ3v) is 6.79. The molecule has 31 heavy (non-hydrogen) atoms. The molecule has 0 spiro atoms. The second kappa shape index (κ2) is 10.5. The molecule has 1 aliphatic rings. The SMILES string of the molecule is Cc1ccc(C)c(CC(=O)N(Cc2ccc(Cl)c(Cl)c2)C(C)C(=O)NC2CCCC2)c1. The fraction of sp³-hybridized carbons (Fsp3) is 0.440. The highest BCUT2D eigenvalue weighted by molar-refractivity contribution is 6.42. The third kappa shape index (κ3) is 6.24. The molecule has 1 fully saturated rings. The number of nitrogens with one attached hydrogen (secondary N) is 1. The molecule has 0 bridgehead atoms. The number of amides is 2. The van der Waals surface area contributed by atoms with Gasteiger partial charge in [-0.1, -0.05) is 65.9 Å². The molecule has 2 amide bonds. The van der Waals surface area contributed by atoms with Crippen LogP contribution in [-0.2, 0) is 22.6 Å². The van der Waals surface area contributed by atoms with E-state index in [2.05, 4.69) is 5.32 Å². The van der Waals surface area contributed by atoms with Gasteiger partial charge in [0.15, 0.2) is 0 Å². The summed E-state index contributed by atoms with van der Waals surface area (Å²) in [6.45, 7) is 6.10. The minimum Gasteiger partial charge on any atom is -0.352 e. The summed E-state index contributed by atoms with van der Waals surface area (Å²) in [6.07, 6.45) is 4.52. The van der Waals surface area contributed by atoms with Crippen LogP contribution in [0.2, 0.25) is 10.0 Å².